The lowest BCUT2D eigenvalue weighted by atomic mass is 9.75. The Labute approximate surface area is 148 Å². The fourth-order valence-electron chi connectivity index (χ4n) is 3.53. The molecular formula is C22H34O2. The van der Waals surface area contributed by atoms with Crippen LogP contribution < -0.4 is 0 Å². The molecule has 1 unspecified atom stereocenters. The summed E-state index contributed by atoms with van der Waals surface area (Å²) >= 11 is 0. The maximum absolute atomic E-state index is 5.62. The molecule has 0 N–H and O–H groups in total. The first kappa shape index (κ1) is 19.2. The minimum absolute atomic E-state index is 0.0483. The first-order valence-electron chi connectivity index (χ1n) is 9.69. The molecule has 2 nitrogen and oxygen atoms in total. The number of rotatable bonds is 11. The van der Waals surface area contributed by atoms with Crippen LogP contribution >= 0.6 is 0 Å². The number of benzene rings is 1. The third-order valence-electron chi connectivity index (χ3n) is 5.40. The Balaban J connectivity index is 1.68. The number of unbranched alkanes of at least 4 members (excludes halogenated alkanes) is 2. The van der Waals surface area contributed by atoms with Crippen molar-refractivity contribution in [3.05, 3.63) is 48.6 Å². The monoisotopic (exact) mass is 330 g/mol. The SMILES string of the molecule is C=CC(CC)(CCCCCC1OCCCO1)CCc1ccccc1. The van der Waals surface area contributed by atoms with Gasteiger partial charge in [0.1, 0.15) is 0 Å². The summed E-state index contributed by atoms with van der Waals surface area (Å²) in [5, 5.41) is 0. The van der Waals surface area contributed by atoms with Crippen molar-refractivity contribution in [2.45, 2.75) is 71.0 Å². The Kier molecular flexibility index (Phi) is 8.55. The highest BCUT2D eigenvalue weighted by Crippen LogP contribution is 2.35. The zero-order valence-electron chi connectivity index (χ0n) is 15.3. The molecule has 1 aromatic rings. The van der Waals surface area contributed by atoms with Crippen LogP contribution in [-0.4, -0.2) is 19.5 Å². The Morgan fingerprint density at radius 2 is 1.83 bits per heavy atom. The van der Waals surface area contributed by atoms with E-state index >= 15 is 0 Å². The third-order valence-corrected chi connectivity index (χ3v) is 5.40. The van der Waals surface area contributed by atoms with Crippen LogP contribution in [0.15, 0.2) is 43.0 Å². The molecule has 134 valence electrons. The highest BCUT2D eigenvalue weighted by molar-refractivity contribution is 5.15. The van der Waals surface area contributed by atoms with Crippen LogP contribution in [0.1, 0.15) is 63.9 Å². The van der Waals surface area contributed by atoms with Gasteiger partial charge >= 0.3 is 0 Å². The number of hydrogen-bond donors (Lipinski definition) is 0. The zero-order chi connectivity index (χ0) is 17.1. The topological polar surface area (TPSA) is 18.5 Å². The molecule has 1 atom stereocenters. The van der Waals surface area contributed by atoms with Gasteiger partial charge in [0.2, 0.25) is 0 Å². The molecule has 0 aliphatic carbocycles. The summed E-state index contributed by atoms with van der Waals surface area (Å²) in [5.74, 6) is 0. The van der Waals surface area contributed by atoms with Crippen LogP contribution in [0.3, 0.4) is 0 Å². The molecule has 1 heterocycles. The number of aryl methyl sites for hydroxylation is 1. The molecule has 1 saturated heterocycles. The lowest BCUT2D eigenvalue weighted by Crippen LogP contribution is -2.24. The minimum atomic E-state index is 0.0483. The van der Waals surface area contributed by atoms with Gasteiger partial charge in [0.05, 0.1) is 13.2 Å². The van der Waals surface area contributed by atoms with Crippen molar-refractivity contribution >= 4 is 0 Å². The fourth-order valence-corrected chi connectivity index (χ4v) is 3.53. The Hall–Kier alpha value is -1.12. The van der Waals surface area contributed by atoms with Gasteiger partial charge in [-0.2, -0.15) is 0 Å². The number of hydrogen-bond acceptors (Lipinski definition) is 2. The van der Waals surface area contributed by atoms with Crippen LogP contribution in [0.25, 0.3) is 0 Å². The summed E-state index contributed by atoms with van der Waals surface area (Å²) in [4.78, 5) is 0. The maximum Gasteiger partial charge on any atom is 0.157 e. The van der Waals surface area contributed by atoms with Crippen molar-refractivity contribution in [1.82, 2.24) is 0 Å². The Morgan fingerprint density at radius 3 is 2.50 bits per heavy atom. The summed E-state index contributed by atoms with van der Waals surface area (Å²) in [6.45, 7) is 8.17. The molecule has 0 bridgehead atoms. The molecule has 0 amide bonds. The van der Waals surface area contributed by atoms with Crippen molar-refractivity contribution in [3.63, 3.8) is 0 Å². The molecule has 0 spiro atoms. The van der Waals surface area contributed by atoms with E-state index in [0.29, 0.717) is 0 Å². The van der Waals surface area contributed by atoms with Gasteiger partial charge in [-0.3, -0.25) is 0 Å². The van der Waals surface area contributed by atoms with Gasteiger partial charge in [0.15, 0.2) is 6.29 Å². The molecule has 1 aromatic carbocycles. The van der Waals surface area contributed by atoms with E-state index in [-0.39, 0.29) is 11.7 Å². The molecule has 1 aliphatic rings. The second-order valence-corrected chi connectivity index (χ2v) is 7.03. The minimum Gasteiger partial charge on any atom is -0.353 e. The van der Waals surface area contributed by atoms with Crippen LogP contribution in [0.4, 0.5) is 0 Å². The van der Waals surface area contributed by atoms with Gasteiger partial charge in [-0.15, -0.1) is 6.58 Å². The number of allylic oxidation sites excluding steroid dienone is 1. The summed E-state index contributed by atoms with van der Waals surface area (Å²) in [6, 6.07) is 10.8. The van der Waals surface area contributed by atoms with E-state index in [1.807, 2.05) is 0 Å². The second-order valence-electron chi connectivity index (χ2n) is 7.03. The highest BCUT2D eigenvalue weighted by atomic mass is 16.7. The zero-order valence-corrected chi connectivity index (χ0v) is 15.3. The summed E-state index contributed by atoms with van der Waals surface area (Å²) < 4.78 is 11.2. The summed E-state index contributed by atoms with van der Waals surface area (Å²) in [6.07, 6.45) is 12.8. The van der Waals surface area contributed by atoms with Crippen LogP contribution in [0.5, 0.6) is 0 Å². The first-order chi connectivity index (χ1) is 11.8. The van der Waals surface area contributed by atoms with Crippen molar-refractivity contribution in [2.24, 2.45) is 5.41 Å². The molecule has 0 radical (unpaired) electrons. The largest absolute Gasteiger partial charge is 0.353 e. The average molecular weight is 331 g/mol. The van der Waals surface area contributed by atoms with Crippen molar-refractivity contribution < 1.29 is 9.47 Å². The lowest BCUT2D eigenvalue weighted by Gasteiger charge is -2.30. The first-order valence-corrected chi connectivity index (χ1v) is 9.69. The standard InChI is InChI=1S/C22H34O2/c1-3-22(4-2,17-15-20-12-7-5-8-13-20)16-10-6-9-14-21-23-18-11-19-24-21/h3,5,7-8,12-13,21H,1,4,6,9-11,14-19H2,2H3. The highest BCUT2D eigenvalue weighted by Gasteiger charge is 2.23. The van der Waals surface area contributed by atoms with Gasteiger partial charge in [-0.1, -0.05) is 56.2 Å². The molecule has 1 fully saturated rings. The third kappa shape index (κ3) is 6.41. The second kappa shape index (κ2) is 10.7. The van der Waals surface area contributed by atoms with Gasteiger partial charge in [0, 0.05) is 0 Å². The predicted molar refractivity (Wildman–Crippen MR) is 101 cm³/mol. The van der Waals surface area contributed by atoms with Gasteiger partial charge in [0.25, 0.3) is 0 Å². The Bertz CT molecular complexity index is 450. The van der Waals surface area contributed by atoms with Gasteiger partial charge in [-0.25, -0.2) is 0 Å². The van der Waals surface area contributed by atoms with E-state index in [9.17, 15) is 0 Å². The summed E-state index contributed by atoms with van der Waals surface area (Å²) in [7, 11) is 0. The van der Waals surface area contributed by atoms with E-state index in [1.54, 1.807) is 0 Å². The van der Waals surface area contributed by atoms with Crippen LogP contribution in [0.2, 0.25) is 0 Å². The Morgan fingerprint density at radius 1 is 1.08 bits per heavy atom. The molecule has 2 rings (SSSR count). The van der Waals surface area contributed by atoms with E-state index < -0.39 is 0 Å². The number of ether oxygens (including phenoxy) is 2. The van der Waals surface area contributed by atoms with E-state index in [1.165, 1.54) is 44.1 Å². The smallest absolute Gasteiger partial charge is 0.157 e. The van der Waals surface area contributed by atoms with Crippen molar-refractivity contribution in [1.29, 1.82) is 0 Å². The molecule has 1 aliphatic heterocycles. The van der Waals surface area contributed by atoms with Gasteiger partial charge < -0.3 is 9.47 Å². The molecule has 2 heteroatoms. The van der Waals surface area contributed by atoms with Crippen molar-refractivity contribution in [3.8, 4) is 0 Å². The summed E-state index contributed by atoms with van der Waals surface area (Å²) in [5.41, 5.74) is 1.72. The molecular weight excluding hydrogens is 296 g/mol. The van der Waals surface area contributed by atoms with Crippen molar-refractivity contribution in [2.75, 3.05) is 13.2 Å². The van der Waals surface area contributed by atoms with Gasteiger partial charge in [-0.05, 0) is 55.9 Å². The van der Waals surface area contributed by atoms with Crippen LogP contribution in [-0.2, 0) is 15.9 Å². The van der Waals surface area contributed by atoms with E-state index in [2.05, 4.69) is 49.9 Å². The quantitative estimate of drug-likeness (QED) is 0.370. The molecule has 24 heavy (non-hydrogen) atoms. The normalized spacial score (nSPS) is 18.2. The average Bonchev–Trinajstić information content (AvgIpc) is 2.66. The molecule has 0 saturated carbocycles. The van der Waals surface area contributed by atoms with E-state index in [4.69, 9.17) is 9.47 Å². The van der Waals surface area contributed by atoms with E-state index in [0.717, 1.165) is 32.5 Å². The van der Waals surface area contributed by atoms with Crippen LogP contribution in [0, 0.1) is 5.41 Å². The lowest BCUT2D eigenvalue weighted by molar-refractivity contribution is -0.181. The maximum atomic E-state index is 5.62. The predicted octanol–water partition coefficient (Wildman–Crippen LogP) is 5.92. The molecule has 0 aromatic heterocycles. The fraction of sp³-hybridized carbons (Fsp3) is 0.636.